The Morgan fingerprint density at radius 2 is 2.10 bits per heavy atom. The smallest absolute Gasteiger partial charge is 0.323 e. The summed E-state index contributed by atoms with van der Waals surface area (Å²) in [7, 11) is 1.83. The van der Waals surface area contributed by atoms with Crippen molar-refractivity contribution in [2.24, 2.45) is 7.05 Å². The van der Waals surface area contributed by atoms with Gasteiger partial charge in [0.2, 0.25) is 5.91 Å². The maximum absolute atomic E-state index is 12.0. The largest absolute Gasteiger partial charge is 0.480 e. The second-order valence-corrected chi connectivity index (χ2v) is 4.44. The van der Waals surface area contributed by atoms with Crippen molar-refractivity contribution in [2.75, 3.05) is 13.1 Å². The molecule has 1 N–H and O–H groups in total. The van der Waals surface area contributed by atoms with E-state index in [9.17, 15) is 9.59 Å². The highest BCUT2D eigenvalue weighted by Crippen LogP contribution is 2.13. The topological polar surface area (TPSA) is 75.4 Å². The average Bonchev–Trinajstić information content (AvgIpc) is 2.60. The Bertz CT molecular complexity index is 558. The van der Waals surface area contributed by atoms with Gasteiger partial charge in [-0.15, -0.1) is 6.58 Å². The molecule has 0 aromatic carbocycles. The summed E-state index contributed by atoms with van der Waals surface area (Å²) in [5.74, 6) is -1.42. The highest BCUT2D eigenvalue weighted by molar-refractivity contribution is 5.93. The van der Waals surface area contributed by atoms with Crippen molar-refractivity contribution in [3.05, 3.63) is 35.7 Å². The van der Waals surface area contributed by atoms with E-state index < -0.39 is 5.97 Å². The molecule has 108 valence electrons. The van der Waals surface area contributed by atoms with E-state index in [4.69, 9.17) is 5.11 Å². The summed E-state index contributed by atoms with van der Waals surface area (Å²) in [5.41, 5.74) is 2.64. The Kier molecular flexibility index (Phi) is 5.25. The zero-order valence-electron chi connectivity index (χ0n) is 12.0. The molecule has 0 radical (unpaired) electrons. The van der Waals surface area contributed by atoms with Crippen LogP contribution in [0.15, 0.2) is 18.7 Å². The minimum absolute atomic E-state index is 0.195. The van der Waals surface area contributed by atoms with Crippen LogP contribution < -0.4 is 0 Å². The van der Waals surface area contributed by atoms with Crippen LogP contribution in [0.25, 0.3) is 6.08 Å². The lowest BCUT2D eigenvalue weighted by molar-refractivity contribution is -0.142. The van der Waals surface area contributed by atoms with E-state index in [-0.39, 0.29) is 19.0 Å². The van der Waals surface area contributed by atoms with E-state index in [1.54, 1.807) is 10.8 Å². The summed E-state index contributed by atoms with van der Waals surface area (Å²) in [6.07, 6.45) is 4.52. The van der Waals surface area contributed by atoms with E-state index in [1.807, 2.05) is 20.9 Å². The van der Waals surface area contributed by atoms with Gasteiger partial charge in [0.25, 0.3) is 0 Å². The molecule has 6 heteroatoms. The van der Waals surface area contributed by atoms with Crippen molar-refractivity contribution in [3.63, 3.8) is 0 Å². The van der Waals surface area contributed by atoms with Gasteiger partial charge in [-0.1, -0.05) is 6.08 Å². The zero-order chi connectivity index (χ0) is 15.3. The van der Waals surface area contributed by atoms with Crippen LogP contribution in [0.4, 0.5) is 0 Å². The molecule has 0 saturated carbocycles. The molecule has 0 bridgehead atoms. The zero-order valence-corrected chi connectivity index (χ0v) is 12.0. The highest BCUT2D eigenvalue weighted by Gasteiger charge is 2.13. The fourth-order valence-corrected chi connectivity index (χ4v) is 1.84. The first kappa shape index (κ1) is 15.7. The Labute approximate surface area is 118 Å². The first-order valence-electron chi connectivity index (χ1n) is 6.16. The molecule has 1 heterocycles. The van der Waals surface area contributed by atoms with E-state index in [1.165, 1.54) is 17.1 Å². The third-order valence-corrected chi connectivity index (χ3v) is 2.94. The predicted octanol–water partition coefficient (Wildman–Crippen LogP) is 1.15. The summed E-state index contributed by atoms with van der Waals surface area (Å²) in [6, 6.07) is 0. The molecule has 1 amide bonds. The summed E-state index contributed by atoms with van der Waals surface area (Å²) in [4.78, 5) is 23.9. The van der Waals surface area contributed by atoms with Crippen molar-refractivity contribution < 1.29 is 14.7 Å². The van der Waals surface area contributed by atoms with Crippen molar-refractivity contribution >= 4 is 18.0 Å². The van der Waals surface area contributed by atoms with Gasteiger partial charge in [-0.25, -0.2) is 0 Å². The molecule has 0 unspecified atom stereocenters. The SMILES string of the molecule is C=CCN(CC(=O)O)C(=O)C=Cc1c(C)nn(C)c1C. The molecule has 0 aliphatic carbocycles. The molecule has 20 heavy (non-hydrogen) atoms. The van der Waals surface area contributed by atoms with Gasteiger partial charge < -0.3 is 10.0 Å². The van der Waals surface area contributed by atoms with Crippen molar-refractivity contribution in [2.45, 2.75) is 13.8 Å². The maximum Gasteiger partial charge on any atom is 0.323 e. The van der Waals surface area contributed by atoms with Crippen LogP contribution in [0.3, 0.4) is 0 Å². The molecular weight excluding hydrogens is 258 g/mol. The third-order valence-electron chi connectivity index (χ3n) is 2.94. The van der Waals surface area contributed by atoms with E-state index in [2.05, 4.69) is 11.7 Å². The monoisotopic (exact) mass is 277 g/mol. The van der Waals surface area contributed by atoms with Gasteiger partial charge >= 0.3 is 5.97 Å². The summed E-state index contributed by atoms with van der Waals surface area (Å²) in [6.45, 7) is 7.13. The van der Waals surface area contributed by atoms with Crippen LogP contribution in [-0.4, -0.2) is 44.8 Å². The fraction of sp³-hybridized carbons (Fsp3) is 0.357. The van der Waals surface area contributed by atoms with Crippen LogP contribution in [0, 0.1) is 13.8 Å². The number of nitrogens with zero attached hydrogens (tertiary/aromatic N) is 3. The first-order chi connectivity index (χ1) is 9.36. The number of hydrogen-bond acceptors (Lipinski definition) is 3. The number of aliphatic carboxylic acids is 1. The predicted molar refractivity (Wildman–Crippen MR) is 76.1 cm³/mol. The number of aryl methyl sites for hydroxylation is 2. The van der Waals surface area contributed by atoms with Crippen molar-refractivity contribution in [1.82, 2.24) is 14.7 Å². The van der Waals surface area contributed by atoms with E-state index >= 15 is 0 Å². The van der Waals surface area contributed by atoms with Gasteiger partial charge in [-0.3, -0.25) is 14.3 Å². The van der Waals surface area contributed by atoms with Crippen LogP contribution >= 0.6 is 0 Å². The second-order valence-electron chi connectivity index (χ2n) is 4.44. The molecule has 6 nitrogen and oxygen atoms in total. The quantitative estimate of drug-likeness (QED) is 0.625. The molecule has 0 saturated heterocycles. The van der Waals surface area contributed by atoms with Gasteiger partial charge in [-0.05, 0) is 19.9 Å². The van der Waals surface area contributed by atoms with Crippen LogP contribution in [-0.2, 0) is 16.6 Å². The molecule has 0 spiro atoms. The Hall–Kier alpha value is -2.37. The Morgan fingerprint density at radius 1 is 1.45 bits per heavy atom. The highest BCUT2D eigenvalue weighted by atomic mass is 16.4. The Balaban J connectivity index is 2.89. The van der Waals surface area contributed by atoms with Gasteiger partial charge in [0.05, 0.1) is 5.69 Å². The van der Waals surface area contributed by atoms with Gasteiger partial charge in [-0.2, -0.15) is 5.10 Å². The molecule has 1 aromatic heterocycles. The van der Waals surface area contributed by atoms with Crippen molar-refractivity contribution in [1.29, 1.82) is 0 Å². The second kappa shape index (κ2) is 6.70. The van der Waals surface area contributed by atoms with Crippen LogP contribution in [0.1, 0.15) is 17.0 Å². The molecular formula is C14H19N3O3. The fourth-order valence-electron chi connectivity index (χ4n) is 1.84. The van der Waals surface area contributed by atoms with Crippen molar-refractivity contribution in [3.8, 4) is 0 Å². The van der Waals surface area contributed by atoms with Gasteiger partial charge in [0.1, 0.15) is 6.54 Å². The minimum Gasteiger partial charge on any atom is -0.480 e. The molecule has 0 atom stereocenters. The number of amides is 1. The van der Waals surface area contributed by atoms with Gasteiger partial charge in [0, 0.05) is 30.9 Å². The lowest BCUT2D eigenvalue weighted by atomic mass is 10.2. The number of hydrogen-bond donors (Lipinski definition) is 1. The van der Waals surface area contributed by atoms with Gasteiger partial charge in [0.15, 0.2) is 0 Å². The lowest BCUT2D eigenvalue weighted by Gasteiger charge is -2.16. The van der Waals surface area contributed by atoms with Crippen LogP contribution in [0.2, 0.25) is 0 Å². The number of carbonyl (C=O) groups is 2. The first-order valence-corrected chi connectivity index (χ1v) is 6.16. The normalized spacial score (nSPS) is 10.8. The molecule has 1 aromatic rings. The van der Waals surface area contributed by atoms with E-state index in [0.29, 0.717) is 0 Å². The van der Waals surface area contributed by atoms with E-state index in [0.717, 1.165) is 17.0 Å². The number of carboxylic acid groups (broad SMARTS) is 1. The number of carboxylic acids is 1. The molecule has 0 aliphatic heterocycles. The number of rotatable bonds is 6. The summed E-state index contributed by atoms with van der Waals surface area (Å²) >= 11 is 0. The number of carbonyl (C=O) groups excluding carboxylic acids is 1. The molecule has 0 fully saturated rings. The average molecular weight is 277 g/mol. The summed E-state index contributed by atoms with van der Waals surface area (Å²) in [5, 5.41) is 13.0. The third kappa shape index (κ3) is 3.81. The standard InChI is InChI=1S/C14H19N3O3/c1-5-8-17(9-14(19)20)13(18)7-6-12-10(2)15-16(4)11(12)3/h5-7H,1,8-9H2,2-4H3,(H,19,20). The maximum atomic E-state index is 12.0. The van der Waals surface area contributed by atoms with Crippen LogP contribution in [0.5, 0.6) is 0 Å². The summed E-state index contributed by atoms with van der Waals surface area (Å²) < 4.78 is 1.73. The minimum atomic E-state index is -1.05. The Morgan fingerprint density at radius 3 is 2.55 bits per heavy atom. The molecule has 1 rings (SSSR count). The lowest BCUT2D eigenvalue weighted by Crippen LogP contribution is -2.34. The molecule has 0 aliphatic rings. The number of aromatic nitrogens is 2.